The third-order valence-corrected chi connectivity index (χ3v) is 4.18. The maximum atomic E-state index is 8.87. The molecule has 0 spiro atoms. The first-order chi connectivity index (χ1) is 12.3. The fourth-order valence-corrected chi connectivity index (χ4v) is 3.00. The van der Waals surface area contributed by atoms with Gasteiger partial charge in [0.15, 0.2) is 0 Å². The zero-order valence-corrected chi connectivity index (χ0v) is 14.7. The standard InChI is InChI=1S/C19H15N5O.ClH/c20-9-18-22-10-13(11-23-18)16-8-19(24-17-6-3-5-15(16)17)25-12-14-4-1-2-7-21-14;/h1-2,4,7-8,10-11H,3,5-6,12H2;1H. The van der Waals surface area contributed by atoms with E-state index in [1.807, 2.05) is 30.3 Å². The van der Waals surface area contributed by atoms with Crippen molar-refractivity contribution >= 4 is 12.4 Å². The summed E-state index contributed by atoms with van der Waals surface area (Å²) in [5, 5.41) is 8.87. The van der Waals surface area contributed by atoms with Crippen LogP contribution in [0, 0.1) is 11.3 Å². The maximum absolute atomic E-state index is 8.87. The summed E-state index contributed by atoms with van der Waals surface area (Å²) < 4.78 is 5.86. The summed E-state index contributed by atoms with van der Waals surface area (Å²) in [7, 11) is 0. The molecular formula is C19H16ClN5O. The molecule has 0 unspecified atom stereocenters. The predicted octanol–water partition coefficient (Wildman–Crippen LogP) is 3.29. The van der Waals surface area contributed by atoms with Gasteiger partial charge < -0.3 is 4.74 Å². The van der Waals surface area contributed by atoms with E-state index < -0.39 is 0 Å². The Morgan fingerprint density at radius 2 is 1.96 bits per heavy atom. The van der Waals surface area contributed by atoms with Gasteiger partial charge in [0.2, 0.25) is 11.7 Å². The molecule has 0 bridgehead atoms. The Hall–Kier alpha value is -3.04. The van der Waals surface area contributed by atoms with E-state index in [0.29, 0.717) is 12.5 Å². The first-order valence-corrected chi connectivity index (χ1v) is 8.11. The van der Waals surface area contributed by atoms with E-state index in [1.165, 1.54) is 5.56 Å². The molecule has 0 N–H and O–H groups in total. The van der Waals surface area contributed by atoms with Gasteiger partial charge in [-0.3, -0.25) is 4.98 Å². The molecule has 4 rings (SSSR count). The highest BCUT2D eigenvalue weighted by molar-refractivity contribution is 5.85. The summed E-state index contributed by atoms with van der Waals surface area (Å²) in [5.41, 5.74) is 5.05. The van der Waals surface area contributed by atoms with Crippen LogP contribution in [0.25, 0.3) is 11.1 Å². The van der Waals surface area contributed by atoms with Crippen LogP contribution in [0.5, 0.6) is 5.88 Å². The van der Waals surface area contributed by atoms with Crippen molar-refractivity contribution < 1.29 is 4.74 Å². The van der Waals surface area contributed by atoms with Gasteiger partial charge in [0, 0.05) is 35.9 Å². The van der Waals surface area contributed by atoms with E-state index in [9.17, 15) is 0 Å². The van der Waals surface area contributed by atoms with Gasteiger partial charge in [0.25, 0.3) is 0 Å². The Balaban J connectivity index is 0.00000196. The zero-order valence-electron chi connectivity index (χ0n) is 13.9. The van der Waals surface area contributed by atoms with Gasteiger partial charge in [0.1, 0.15) is 12.7 Å². The monoisotopic (exact) mass is 365 g/mol. The Kier molecular flexibility index (Phi) is 5.40. The molecule has 3 aromatic heterocycles. The second-order valence-corrected chi connectivity index (χ2v) is 5.80. The molecule has 6 nitrogen and oxygen atoms in total. The Morgan fingerprint density at radius 3 is 2.69 bits per heavy atom. The SMILES string of the molecule is Cl.N#Cc1ncc(-c2cc(OCc3ccccn3)nc3c2CCC3)cn1. The van der Waals surface area contributed by atoms with Crippen molar-refractivity contribution in [3.05, 3.63) is 65.6 Å². The molecule has 26 heavy (non-hydrogen) atoms. The summed E-state index contributed by atoms with van der Waals surface area (Å²) in [4.78, 5) is 17.1. The van der Waals surface area contributed by atoms with Crippen LogP contribution in [0.1, 0.15) is 29.2 Å². The number of halogens is 1. The van der Waals surface area contributed by atoms with Crippen LogP contribution in [-0.2, 0) is 19.4 Å². The highest BCUT2D eigenvalue weighted by atomic mass is 35.5. The molecule has 130 valence electrons. The number of fused-ring (bicyclic) bond motifs is 1. The smallest absolute Gasteiger partial charge is 0.232 e. The predicted molar refractivity (Wildman–Crippen MR) is 97.8 cm³/mol. The molecule has 7 heteroatoms. The molecule has 3 aromatic rings. The molecule has 0 fully saturated rings. The molecule has 0 aliphatic heterocycles. The van der Waals surface area contributed by atoms with Crippen LogP contribution in [0.2, 0.25) is 0 Å². The third kappa shape index (κ3) is 3.63. The first kappa shape index (κ1) is 17.8. The highest BCUT2D eigenvalue weighted by Gasteiger charge is 2.20. The first-order valence-electron chi connectivity index (χ1n) is 8.11. The minimum absolute atomic E-state index is 0. The largest absolute Gasteiger partial charge is 0.471 e. The topological polar surface area (TPSA) is 84.6 Å². The summed E-state index contributed by atoms with van der Waals surface area (Å²) in [5.74, 6) is 0.742. The van der Waals surface area contributed by atoms with Crippen molar-refractivity contribution in [3.8, 4) is 23.1 Å². The number of ether oxygens (including phenoxy) is 1. The fourth-order valence-electron chi connectivity index (χ4n) is 3.00. The number of hydrogen-bond acceptors (Lipinski definition) is 6. The van der Waals surface area contributed by atoms with Gasteiger partial charge in [-0.05, 0) is 42.5 Å². The van der Waals surface area contributed by atoms with E-state index >= 15 is 0 Å². The molecule has 0 atom stereocenters. The quantitative estimate of drug-likeness (QED) is 0.705. The van der Waals surface area contributed by atoms with Crippen molar-refractivity contribution in [1.82, 2.24) is 19.9 Å². The molecule has 1 aliphatic rings. The van der Waals surface area contributed by atoms with E-state index in [4.69, 9.17) is 10.00 Å². The molecule has 3 heterocycles. The van der Waals surface area contributed by atoms with Crippen LogP contribution in [-0.4, -0.2) is 19.9 Å². The second kappa shape index (κ2) is 7.89. The molecule has 0 saturated heterocycles. The summed E-state index contributed by atoms with van der Waals surface area (Å²) in [6.07, 6.45) is 8.12. The van der Waals surface area contributed by atoms with E-state index in [-0.39, 0.29) is 18.2 Å². The van der Waals surface area contributed by atoms with Gasteiger partial charge in [-0.1, -0.05) is 6.07 Å². The van der Waals surface area contributed by atoms with Crippen LogP contribution in [0.3, 0.4) is 0 Å². The molecule has 0 amide bonds. The van der Waals surface area contributed by atoms with Gasteiger partial charge >= 0.3 is 0 Å². The van der Waals surface area contributed by atoms with Crippen molar-refractivity contribution in [2.24, 2.45) is 0 Å². The summed E-state index contributed by atoms with van der Waals surface area (Å²) in [6, 6.07) is 9.60. The van der Waals surface area contributed by atoms with Crippen molar-refractivity contribution in [2.75, 3.05) is 0 Å². The summed E-state index contributed by atoms with van der Waals surface area (Å²) >= 11 is 0. The second-order valence-electron chi connectivity index (χ2n) is 5.80. The lowest BCUT2D eigenvalue weighted by molar-refractivity contribution is 0.288. The molecule has 0 saturated carbocycles. The van der Waals surface area contributed by atoms with Gasteiger partial charge in [-0.25, -0.2) is 15.0 Å². The number of nitriles is 1. The molecule has 0 radical (unpaired) electrons. The van der Waals surface area contributed by atoms with Crippen molar-refractivity contribution in [1.29, 1.82) is 5.26 Å². The Labute approximate surface area is 157 Å². The minimum Gasteiger partial charge on any atom is -0.471 e. The highest BCUT2D eigenvalue weighted by Crippen LogP contribution is 2.33. The Bertz CT molecular complexity index is 939. The molecule has 1 aliphatic carbocycles. The number of rotatable bonds is 4. The number of hydrogen-bond donors (Lipinski definition) is 0. The Morgan fingerprint density at radius 1 is 1.12 bits per heavy atom. The average Bonchev–Trinajstić information content (AvgIpc) is 3.15. The zero-order chi connectivity index (χ0) is 17.1. The van der Waals surface area contributed by atoms with E-state index in [2.05, 4.69) is 19.9 Å². The van der Waals surface area contributed by atoms with Gasteiger partial charge in [-0.2, -0.15) is 5.26 Å². The van der Waals surface area contributed by atoms with E-state index in [0.717, 1.165) is 41.8 Å². The average molecular weight is 366 g/mol. The number of aromatic nitrogens is 4. The van der Waals surface area contributed by atoms with Crippen LogP contribution < -0.4 is 4.74 Å². The van der Waals surface area contributed by atoms with Crippen molar-refractivity contribution in [2.45, 2.75) is 25.9 Å². The van der Waals surface area contributed by atoms with Crippen LogP contribution >= 0.6 is 12.4 Å². The van der Waals surface area contributed by atoms with Crippen LogP contribution in [0.15, 0.2) is 42.9 Å². The lowest BCUT2D eigenvalue weighted by atomic mass is 10.0. The van der Waals surface area contributed by atoms with Gasteiger partial charge in [-0.15, -0.1) is 12.4 Å². The van der Waals surface area contributed by atoms with Gasteiger partial charge in [0.05, 0.1) is 5.69 Å². The third-order valence-electron chi connectivity index (χ3n) is 4.18. The van der Waals surface area contributed by atoms with E-state index in [1.54, 1.807) is 18.6 Å². The lowest BCUT2D eigenvalue weighted by Crippen LogP contribution is -2.02. The molecular weight excluding hydrogens is 350 g/mol. The fraction of sp³-hybridized carbons (Fsp3) is 0.211. The number of nitrogens with zero attached hydrogens (tertiary/aromatic N) is 5. The minimum atomic E-state index is 0. The maximum Gasteiger partial charge on any atom is 0.232 e. The number of pyridine rings is 2. The van der Waals surface area contributed by atoms with Crippen LogP contribution in [0.4, 0.5) is 0 Å². The molecule has 0 aromatic carbocycles. The lowest BCUT2D eigenvalue weighted by Gasteiger charge is -2.12. The van der Waals surface area contributed by atoms with Crippen molar-refractivity contribution in [3.63, 3.8) is 0 Å². The normalized spacial score (nSPS) is 12.0. The number of aryl methyl sites for hydroxylation is 1. The summed E-state index contributed by atoms with van der Waals surface area (Å²) in [6.45, 7) is 0.371.